The van der Waals surface area contributed by atoms with E-state index < -0.39 is 24.3 Å². The van der Waals surface area contributed by atoms with E-state index in [1.165, 1.54) is 14.2 Å². The minimum Gasteiger partial charge on any atom is -0.453 e. The van der Waals surface area contributed by atoms with Gasteiger partial charge in [0.1, 0.15) is 34.6 Å². The second kappa shape index (κ2) is 16.5. The number of imidazole rings is 2. The first-order valence-electron chi connectivity index (χ1n) is 20.0. The highest BCUT2D eigenvalue weighted by Crippen LogP contribution is 2.54. The topological polar surface area (TPSA) is 175 Å². The molecule has 4 aromatic rings. The van der Waals surface area contributed by atoms with Crippen LogP contribution < -0.4 is 10.6 Å². The number of alkyl carbamates (subject to hydrolysis) is 2. The van der Waals surface area contributed by atoms with Crippen molar-refractivity contribution >= 4 is 35.6 Å². The molecule has 308 valence electrons. The van der Waals surface area contributed by atoms with Crippen molar-refractivity contribution in [2.24, 2.45) is 23.7 Å². The van der Waals surface area contributed by atoms with Crippen LogP contribution in [0, 0.1) is 23.7 Å². The Hall–Kier alpha value is -5.37. The van der Waals surface area contributed by atoms with E-state index >= 15 is 0 Å². The summed E-state index contributed by atoms with van der Waals surface area (Å²) in [5.41, 5.74) is 5.29. The van der Waals surface area contributed by atoms with Crippen molar-refractivity contribution in [2.45, 2.75) is 97.1 Å². The quantitative estimate of drug-likeness (QED) is 0.120. The van der Waals surface area contributed by atoms with Crippen LogP contribution in [0.3, 0.4) is 0 Å². The van der Waals surface area contributed by atoms with Crippen molar-refractivity contribution < 1.29 is 28.7 Å². The molecule has 1 aliphatic carbocycles. The number of hydrogen-bond acceptors (Lipinski definition) is 8. The van der Waals surface area contributed by atoms with Gasteiger partial charge in [0.25, 0.3) is 0 Å². The maximum absolute atomic E-state index is 13.9. The molecule has 2 saturated heterocycles. The number of rotatable bonds is 11. The predicted molar refractivity (Wildman–Crippen MR) is 219 cm³/mol. The highest BCUT2D eigenvalue weighted by atomic mass is 35.5. The van der Waals surface area contributed by atoms with Crippen LogP contribution in [0.1, 0.15) is 84.5 Å². The third kappa shape index (κ3) is 7.90. The summed E-state index contributed by atoms with van der Waals surface area (Å²) in [4.78, 5) is 72.0. The van der Waals surface area contributed by atoms with E-state index in [-0.39, 0.29) is 53.7 Å². The minimum absolute atomic E-state index is 0.0387. The zero-order valence-corrected chi connectivity index (χ0v) is 35.0. The highest BCUT2D eigenvalue weighted by Gasteiger charge is 2.56. The Kier molecular flexibility index (Phi) is 11.6. The molecule has 14 nitrogen and oxygen atoms in total. The van der Waals surface area contributed by atoms with E-state index in [1.54, 1.807) is 6.20 Å². The summed E-state index contributed by atoms with van der Waals surface area (Å²) in [6.45, 7) is 11.8. The number of piperidine rings is 1. The maximum Gasteiger partial charge on any atom is 0.407 e. The molecule has 4 heterocycles. The van der Waals surface area contributed by atoms with Crippen LogP contribution in [0.25, 0.3) is 33.6 Å². The number of benzene rings is 2. The molecular weight excluding hydrogens is 760 g/mol. The molecule has 2 aliphatic heterocycles. The van der Waals surface area contributed by atoms with E-state index in [0.29, 0.717) is 28.4 Å². The number of fused-ring (bicyclic) bond motifs is 1. The minimum atomic E-state index is -0.722. The van der Waals surface area contributed by atoms with Crippen molar-refractivity contribution in [2.75, 3.05) is 14.2 Å². The Labute approximate surface area is 343 Å². The molecule has 8 atom stereocenters. The normalized spacial score (nSPS) is 23.4. The monoisotopic (exact) mass is 812 g/mol. The number of carbonyl (C=O) groups is 4. The fourth-order valence-electron chi connectivity index (χ4n) is 8.59. The van der Waals surface area contributed by atoms with Gasteiger partial charge < -0.3 is 39.9 Å². The Balaban J connectivity index is 1.04. The molecule has 3 fully saturated rings. The van der Waals surface area contributed by atoms with E-state index in [0.717, 1.165) is 47.2 Å². The van der Waals surface area contributed by atoms with Gasteiger partial charge in [-0.15, -0.1) is 0 Å². The maximum atomic E-state index is 13.9. The second-order valence-corrected chi connectivity index (χ2v) is 17.0. The summed E-state index contributed by atoms with van der Waals surface area (Å²) in [5.74, 6) is 1.43. The summed E-state index contributed by atoms with van der Waals surface area (Å²) in [6, 6.07) is 14.3. The first kappa shape index (κ1) is 40.8. The molecule has 0 unspecified atom stereocenters. The molecule has 15 heteroatoms. The third-order valence-corrected chi connectivity index (χ3v) is 12.5. The van der Waals surface area contributed by atoms with Crippen molar-refractivity contribution in [3.63, 3.8) is 0 Å². The van der Waals surface area contributed by atoms with Crippen LogP contribution in [-0.4, -0.2) is 92.1 Å². The number of aromatic nitrogens is 4. The fourth-order valence-corrected chi connectivity index (χ4v) is 8.84. The summed E-state index contributed by atoms with van der Waals surface area (Å²) in [7, 11) is 2.58. The number of nitrogens with zero attached hydrogens (tertiary/aromatic N) is 4. The SMILES string of the molecule is COC(=O)N[C@H](C(=O)N1[C@H](C)[C@H](C)C[C@H]1c1ncc(-c2ccc(-c3ccc(-c4nc([C@@H]5C[C@H]6C[C@H]6N5C(=O)[C@@H](NC(=O)OC)C(C)C)[nH]c4Cl)cc3)cc2)[nH]1)C(C)C. The van der Waals surface area contributed by atoms with Gasteiger partial charge in [-0.1, -0.05) is 94.8 Å². The molecule has 4 amide bonds. The molecular formula is C43H53ClN8O6. The summed E-state index contributed by atoms with van der Waals surface area (Å²) in [5, 5.41) is 5.85. The summed E-state index contributed by atoms with van der Waals surface area (Å²) < 4.78 is 9.59. The standard InChI is InChI=1S/C43H53ClN8O6/c1-21(2)34(48-42(55)57-7)40(53)51-24(6)23(5)17-32(51)38-45-20-30(46-38)27-13-9-25(10-14-27)26-11-15-28(16-12-26)36-37(44)50-39(47-36)33-19-29-18-31(29)52(33)41(54)35(22(3)4)49-43(56)58-8/h9-16,20-24,29,31-35H,17-19H2,1-8H3,(H,45,46)(H,47,50)(H,48,55)(H,49,56)/t23-,24-,29-,31-,32+,33+,34+,35+/m1/s1. The Morgan fingerprint density at radius 2 is 1.24 bits per heavy atom. The lowest BCUT2D eigenvalue weighted by atomic mass is 10.0. The molecule has 2 aromatic carbocycles. The van der Waals surface area contributed by atoms with Crippen LogP contribution in [0.4, 0.5) is 9.59 Å². The van der Waals surface area contributed by atoms with Crippen molar-refractivity contribution in [3.05, 3.63) is 71.5 Å². The molecule has 2 aromatic heterocycles. The number of nitrogens with one attached hydrogen (secondary N) is 4. The zero-order chi connectivity index (χ0) is 41.6. The number of halogens is 1. The van der Waals surface area contributed by atoms with Gasteiger partial charge in [0.2, 0.25) is 11.8 Å². The number of hydrogen-bond donors (Lipinski definition) is 4. The molecule has 7 rings (SSSR count). The Morgan fingerprint density at radius 1 is 0.724 bits per heavy atom. The number of aromatic amines is 2. The van der Waals surface area contributed by atoms with Gasteiger partial charge in [0.15, 0.2) is 0 Å². The van der Waals surface area contributed by atoms with Crippen molar-refractivity contribution in [1.29, 1.82) is 0 Å². The largest absolute Gasteiger partial charge is 0.453 e. The molecule has 0 radical (unpaired) electrons. The smallest absolute Gasteiger partial charge is 0.407 e. The van der Waals surface area contributed by atoms with Crippen LogP contribution in [0.2, 0.25) is 5.15 Å². The van der Waals surface area contributed by atoms with Crippen LogP contribution in [0.15, 0.2) is 54.7 Å². The molecule has 1 saturated carbocycles. The van der Waals surface area contributed by atoms with E-state index in [4.69, 9.17) is 31.0 Å². The number of carbonyl (C=O) groups excluding carboxylic acids is 4. The average Bonchev–Trinajstić information content (AvgIpc) is 3.56. The van der Waals surface area contributed by atoms with Gasteiger partial charge in [-0.05, 0) is 66.5 Å². The molecule has 3 aliphatic rings. The Bertz CT molecular complexity index is 2150. The van der Waals surface area contributed by atoms with Crippen LogP contribution in [-0.2, 0) is 19.1 Å². The van der Waals surface area contributed by atoms with Gasteiger partial charge in [-0.25, -0.2) is 19.6 Å². The van der Waals surface area contributed by atoms with Gasteiger partial charge in [0.05, 0.1) is 38.2 Å². The van der Waals surface area contributed by atoms with Gasteiger partial charge in [0, 0.05) is 17.6 Å². The first-order chi connectivity index (χ1) is 27.7. The summed E-state index contributed by atoms with van der Waals surface area (Å²) >= 11 is 6.75. The van der Waals surface area contributed by atoms with E-state index in [9.17, 15) is 19.2 Å². The molecule has 4 N–H and O–H groups in total. The van der Waals surface area contributed by atoms with E-state index in [2.05, 4.69) is 39.7 Å². The first-order valence-corrected chi connectivity index (χ1v) is 20.4. The van der Waals surface area contributed by atoms with Crippen LogP contribution in [0.5, 0.6) is 0 Å². The van der Waals surface area contributed by atoms with Gasteiger partial charge in [-0.3, -0.25) is 9.59 Å². The van der Waals surface area contributed by atoms with Crippen LogP contribution >= 0.6 is 11.6 Å². The molecule has 0 spiro atoms. The van der Waals surface area contributed by atoms with Gasteiger partial charge >= 0.3 is 12.2 Å². The Morgan fingerprint density at radius 3 is 1.79 bits per heavy atom. The fraction of sp³-hybridized carbons (Fsp3) is 0.488. The lowest BCUT2D eigenvalue weighted by molar-refractivity contribution is -0.138. The van der Waals surface area contributed by atoms with Gasteiger partial charge in [-0.2, -0.15) is 0 Å². The molecule has 58 heavy (non-hydrogen) atoms. The lowest BCUT2D eigenvalue weighted by Crippen LogP contribution is -2.53. The van der Waals surface area contributed by atoms with E-state index in [1.807, 2.05) is 80.8 Å². The highest BCUT2D eigenvalue weighted by molar-refractivity contribution is 6.31. The van der Waals surface area contributed by atoms with Crippen molar-refractivity contribution in [1.82, 2.24) is 40.4 Å². The number of H-pyrrole nitrogens is 2. The number of ether oxygens (including phenoxy) is 2. The number of methoxy groups -OCH3 is 2. The average molecular weight is 813 g/mol. The summed E-state index contributed by atoms with van der Waals surface area (Å²) in [6.07, 6.45) is 3.00. The molecule has 0 bridgehead atoms. The number of likely N-dealkylation sites (tertiary alicyclic amines) is 2. The zero-order valence-electron chi connectivity index (χ0n) is 34.2. The third-order valence-electron chi connectivity index (χ3n) is 12.2. The predicted octanol–water partition coefficient (Wildman–Crippen LogP) is 7.51. The number of amides is 4. The lowest BCUT2D eigenvalue weighted by Gasteiger charge is -2.33. The second-order valence-electron chi connectivity index (χ2n) is 16.6. The van der Waals surface area contributed by atoms with Crippen molar-refractivity contribution in [3.8, 4) is 33.6 Å².